The van der Waals surface area contributed by atoms with Crippen LogP contribution in [-0.2, 0) is 10.0 Å². The third-order valence-electron chi connectivity index (χ3n) is 5.12. The van der Waals surface area contributed by atoms with Gasteiger partial charge < -0.3 is 4.90 Å². The molecule has 0 aromatic heterocycles. The molecule has 0 saturated carbocycles. The van der Waals surface area contributed by atoms with Crippen LogP contribution >= 0.6 is 0 Å². The normalized spacial score (nSPS) is 15.6. The average Bonchev–Trinajstić information content (AvgIpc) is 3.05. The molecule has 1 aliphatic rings. The lowest BCUT2D eigenvalue weighted by Gasteiger charge is -2.13. The molecule has 1 heterocycles. The molecule has 0 N–H and O–H groups in total. The molecule has 3 aromatic carbocycles. The van der Waals surface area contributed by atoms with E-state index < -0.39 is 14.9 Å². The van der Waals surface area contributed by atoms with Crippen molar-refractivity contribution in [1.29, 1.82) is 0 Å². The maximum absolute atomic E-state index is 13.0. The fourth-order valence-corrected chi connectivity index (χ4v) is 4.49. The number of likely N-dealkylation sites (N-methyl/N-ethyl adjacent to an activating group) is 1. The summed E-state index contributed by atoms with van der Waals surface area (Å²) in [4.78, 5) is 28.4. The van der Waals surface area contributed by atoms with Gasteiger partial charge in [-0.1, -0.05) is 30.3 Å². The van der Waals surface area contributed by atoms with E-state index in [-0.39, 0.29) is 22.2 Å². The Morgan fingerprint density at radius 3 is 2.27 bits per heavy atom. The van der Waals surface area contributed by atoms with Crippen LogP contribution in [0.1, 0.15) is 22.8 Å². The van der Waals surface area contributed by atoms with E-state index in [0.717, 1.165) is 24.3 Å². The van der Waals surface area contributed by atoms with Crippen LogP contribution in [0.2, 0.25) is 0 Å². The average molecular weight is 462 g/mol. The molecule has 10 heteroatoms. The fourth-order valence-electron chi connectivity index (χ4n) is 3.47. The Morgan fingerprint density at radius 1 is 0.970 bits per heavy atom. The van der Waals surface area contributed by atoms with E-state index in [1.54, 1.807) is 48.3 Å². The first-order valence-corrected chi connectivity index (χ1v) is 11.2. The quantitative estimate of drug-likeness (QED) is 0.319. The number of amidine groups is 1. The Balaban J connectivity index is 1.88. The Morgan fingerprint density at radius 2 is 1.61 bits per heavy atom. The van der Waals surface area contributed by atoms with Crippen molar-refractivity contribution < 1.29 is 18.1 Å². The zero-order valence-corrected chi connectivity index (χ0v) is 18.5. The Bertz CT molecular complexity index is 1440. The number of anilines is 1. The molecule has 0 spiro atoms. The van der Waals surface area contributed by atoms with E-state index in [0.29, 0.717) is 28.2 Å². The first-order valence-electron chi connectivity index (χ1n) is 9.80. The highest BCUT2D eigenvalue weighted by atomic mass is 32.2. The Hall–Kier alpha value is -4.18. The van der Waals surface area contributed by atoms with Crippen molar-refractivity contribution in [2.24, 2.45) is 9.39 Å². The lowest BCUT2D eigenvalue weighted by molar-refractivity contribution is -0.384. The number of ketones is 1. The number of carbonyl (C=O) groups excluding carboxylic acids is 1. The molecule has 0 saturated heterocycles. The largest absolute Gasteiger partial charge is 0.326 e. The molecule has 4 rings (SSSR count). The summed E-state index contributed by atoms with van der Waals surface area (Å²) in [5, 5.41) is 10.9. The minimum atomic E-state index is -4.21. The molecular formula is C23H18N4O5S. The van der Waals surface area contributed by atoms with E-state index in [9.17, 15) is 23.3 Å². The molecule has 0 atom stereocenters. The van der Waals surface area contributed by atoms with Crippen molar-refractivity contribution in [2.45, 2.75) is 11.8 Å². The van der Waals surface area contributed by atoms with Gasteiger partial charge in [0.25, 0.3) is 15.7 Å². The van der Waals surface area contributed by atoms with Gasteiger partial charge in [-0.3, -0.25) is 14.9 Å². The summed E-state index contributed by atoms with van der Waals surface area (Å²) in [5.74, 6) is -0.0977. The summed E-state index contributed by atoms with van der Waals surface area (Å²) in [6, 6.07) is 18.5. The maximum Gasteiger partial charge on any atom is 0.284 e. The van der Waals surface area contributed by atoms with Crippen LogP contribution in [-0.4, -0.2) is 37.7 Å². The number of non-ortho nitro benzene ring substituents is 1. The fraction of sp³-hybridized carbons (Fsp3) is 0.0870. The Labute approximate surface area is 189 Å². The lowest BCUT2D eigenvalue weighted by atomic mass is 10.1. The number of nitro benzene ring substituents is 1. The number of rotatable bonds is 5. The molecular weight excluding hydrogens is 444 g/mol. The minimum absolute atomic E-state index is 0.0768. The number of nitrogens with zero attached hydrogens (tertiary/aromatic N) is 4. The zero-order chi connectivity index (χ0) is 23.8. The van der Waals surface area contributed by atoms with Crippen LogP contribution in [0.3, 0.4) is 0 Å². The number of benzene rings is 3. The second-order valence-electron chi connectivity index (χ2n) is 7.25. The van der Waals surface area contributed by atoms with Crippen LogP contribution in [0.15, 0.2) is 87.1 Å². The van der Waals surface area contributed by atoms with Gasteiger partial charge in [-0.15, -0.1) is 4.40 Å². The van der Waals surface area contributed by atoms with Gasteiger partial charge in [0.15, 0.2) is 11.6 Å². The number of hydrogen-bond acceptors (Lipinski definition) is 6. The van der Waals surface area contributed by atoms with Gasteiger partial charge in [0.05, 0.1) is 21.2 Å². The van der Waals surface area contributed by atoms with Crippen molar-refractivity contribution in [3.63, 3.8) is 0 Å². The molecule has 0 unspecified atom stereocenters. The highest BCUT2D eigenvalue weighted by molar-refractivity contribution is 7.90. The van der Waals surface area contributed by atoms with Crippen molar-refractivity contribution >= 4 is 44.4 Å². The van der Waals surface area contributed by atoms with Crippen molar-refractivity contribution in [1.82, 2.24) is 0 Å². The van der Waals surface area contributed by atoms with Crippen LogP contribution in [0.25, 0.3) is 0 Å². The summed E-state index contributed by atoms with van der Waals surface area (Å²) < 4.78 is 30.1. The summed E-state index contributed by atoms with van der Waals surface area (Å²) in [6.45, 7) is 1.43. The van der Waals surface area contributed by atoms with Gasteiger partial charge in [0, 0.05) is 30.3 Å². The van der Waals surface area contributed by atoms with E-state index in [4.69, 9.17) is 0 Å². The van der Waals surface area contributed by atoms with Crippen LogP contribution < -0.4 is 4.90 Å². The monoisotopic (exact) mass is 462 g/mol. The zero-order valence-electron chi connectivity index (χ0n) is 17.7. The first-order chi connectivity index (χ1) is 15.7. The molecule has 0 amide bonds. The van der Waals surface area contributed by atoms with Crippen molar-refractivity contribution in [2.75, 3.05) is 11.9 Å². The summed E-state index contributed by atoms with van der Waals surface area (Å²) in [6.07, 6.45) is 0. The number of hydrogen-bond donors (Lipinski definition) is 0. The number of sulfonamides is 1. The number of fused-ring (bicyclic) bond motifs is 1. The molecule has 0 bridgehead atoms. The first kappa shape index (κ1) is 22.0. The van der Waals surface area contributed by atoms with Crippen LogP contribution in [0.4, 0.5) is 17.1 Å². The van der Waals surface area contributed by atoms with Gasteiger partial charge >= 0.3 is 0 Å². The molecule has 0 aliphatic carbocycles. The molecule has 3 aromatic rings. The lowest BCUT2D eigenvalue weighted by Crippen LogP contribution is -2.27. The van der Waals surface area contributed by atoms with E-state index in [1.165, 1.54) is 6.92 Å². The molecule has 9 nitrogen and oxygen atoms in total. The number of para-hydroxylation sites is 2. The third kappa shape index (κ3) is 4.15. The number of Topliss-reactive ketones (excluding diaryl/α,β-unsaturated/α-hetero) is 1. The van der Waals surface area contributed by atoms with Gasteiger partial charge in [-0.25, -0.2) is 4.99 Å². The SMILES string of the molecule is CC(=O)c1ccccc1N=C1/C(=N/S(=O)(=O)c2ccc([N+](=O)[O-])cc2)N(C)c2ccccc21. The van der Waals surface area contributed by atoms with Gasteiger partial charge in [0.1, 0.15) is 5.71 Å². The molecule has 0 radical (unpaired) electrons. The van der Waals surface area contributed by atoms with Gasteiger partial charge in [0.2, 0.25) is 0 Å². The van der Waals surface area contributed by atoms with E-state index in [1.807, 2.05) is 12.1 Å². The Kier molecular flexibility index (Phi) is 5.60. The summed E-state index contributed by atoms with van der Waals surface area (Å²) in [5.41, 5.74) is 2.23. The number of nitro groups is 1. The maximum atomic E-state index is 13.0. The third-order valence-corrected chi connectivity index (χ3v) is 6.40. The highest BCUT2D eigenvalue weighted by Gasteiger charge is 2.32. The number of carbonyl (C=O) groups is 1. The highest BCUT2D eigenvalue weighted by Crippen LogP contribution is 2.32. The van der Waals surface area contributed by atoms with E-state index >= 15 is 0 Å². The molecule has 0 fully saturated rings. The van der Waals surface area contributed by atoms with Crippen molar-refractivity contribution in [3.8, 4) is 0 Å². The van der Waals surface area contributed by atoms with Crippen LogP contribution in [0, 0.1) is 10.1 Å². The van der Waals surface area contributed by atoms with Gasteiger partial charge in [-0.05, 0) is 37.3 Å². The topological polar surface area (TPSA) is 122 Å². The molecule has 33 heavy (non-hydrogen) atoms. The predicted molar refractivity (Wildman–Crippen MR) is 125 cm³/mol. The second-order valence-corrected chi connectivity index (χ2v) is 8.85. The van der Waals surface area contributed by atoms with E-state index in [2.05, 4.69) is 9.39 Å². The second kappa shape index (κ2) is 8.40. The smallest absolute Gasteiger partial charge is 0.284 e. The number of aliphatic imine (C=N–C) groups is 1. The van der Waals surface area contributed by atoms with Crippen LogP contribution in [0.5, 0.6) is 0 Å². The van der Waals surface area contributed by atoms with Gasteiger partial charge in [-0.2, -0.15) is 8.42 Å². The summed E-state index contributed by atoms with van der Waals surface area (Å²) in [7, 11) is -2.54. The molecule has 166 valence electrons. The minimum Gasteiger partial charge on any atom is -0.326 e. The molecule has 1 aliphatic heterocycles. The standard InChI is InChI=1S/C23H18N4O5S/c1-15(28)18-7-3-5-9-20(18)24-22-19-8-4-6-10-21(19)26(2)23(22)25-33(31,32)17-13-11-16(12-14-17)27(29)30/h3-14H,1-2H3/b24-22?,25-23-. The predicted octanol–water partition coefficient (Wildman–Crippen LogP) is 4.16. The summed E-state index contributed by atoms with van der Waals surface area (Å²) >= 11 is 0. The van der Waals surface area contributed by atoms with Crippen molar-refractivity contribution in [3.05, 3.63) is 94.0 Å².